The molecule has 0 saturated heterocycles. The number of phenols is 2. The van der Waals surface area contributed by atoms with Crippen molar-refractivity contribution in [3.05, 3.63) is 45.6 Å². The lowest BCUT2D eigenvalue weighted by molar-refractivity contribution is 0.0732. The number of carbonyl (C=O) groups excluding carboxylic acids is 1. The maximum Gasteiger partial charge on any atom is 0.258 e. The number of carbonyl (C=O) groups is 1. The molecular formula is C14H13NO3S. The zero-order valence-electron chi connectivity index (χ0n) is 10.2. The van der Waals surface area contributed by atoms with Gasteiger partial charge in [-0.1, -0.05) is 6.07 Å². The van der Waals surface area contributed by atoms with E-state index in [4.69, 9.17) is 0 Å². The van der Waals surface area contributed by atoms with Crippen LogP contribution in [-0.2, 0) is 13.0 Å². The predicted octanol–water partition coefficient (Wildman–Crippen LogP) is 2.36. The number of para-hydroxylation sites is 1. The molecule has 0 atom stereocenters. The number of hydrogen-bond donors (Lipinski definition) is 2. The quantitative estimate of drug-likeness (QED) is 0.785. The van der Waals surface area contributed by atoms with Crippen LogP contribution in [0, 0.1) is 0 Å². The van der Waals surface area contributed by atoms with Crippen LogP contribution < -0.4 is 0 Å². The normalized spacial score (nSPS) is 14.2. The summed E-state index contributed by atoms with van der Waals surface area (Å²) >= 11 is 1.71. The fourth-order valence-electron chi connectivity index (χ4n) is 2.30. The summed E-state index contributed by atoms with van der Waals surface area (Å²) in [7, 11) is 0. The summed E-state index contributed by atoms with van der Waals surface area (Å²) in [6.45, 7) is 1.20. The Kier molecular flexibility index (Phi) is 2.91. The lowest BCUT2D eigenvalue weighted by atomic mass is 10.1. The van der Waals surface area contributed by atoms with E-state index in [0.29, 0.717) is 13.1 Å². The number of nitrogens with zero attached hydrogens (tertiary/aromatic N) is 1. The SMILES string of the molecule is O=C(c1cccc(O)c1O)N1CCc2sccc2C1. The predicted molar refractivity (Wildman–Crippen MR) is 72.5 cm³/mol. The number of thiophene rings is 1. The Bertz CT molecular complexity index is 635. The Morgan fingerprint density at radius 1 is 1.26 bits per heavy atom. The molecule has 3 rings (SSSR count). The molecule has 1 aromatic heterocycles. The summed E-state index contributed by atoms with van der Waals surface area (Å²) in [5, 5.41) is 21.2. The fraction of sp³-hybridized carbons (Fsp3) is 0.214. The van der Waals surface area contributed by atoms with Gasteiger partial charge in [0.1, 0.15) is 0 Å². The van der Waals surface area contributed by atoms with E-state index in [-0.39, 0.29) is 23.0 Å². The topological polar surface area (TPSA) is 60.8 Å². The average Bonchev–Trinajstić information content (AvgIpc) is 2.88. The maximum atomic E-state index is 12.4. The summed E-state index contributed by atoms with van der Waals surface area (Å²) in [5.41, 5.74) is 1.32. The molecule has 0 aliphatic carbocycles. The van der Waals surface area contributed by atoms with Crippen molar-refractivity contribution in [1.29, 1.82) is 0 Å². The van der Waals surface area contributed by atoms with Crippen LogP contribution in [0.4, 0.5) is 0 Å². The Hall–Kier alpha value is -2.01. The molecule has 2 aromatic rings. The van der Waals surface area contributed by atoms with Gasteiger partial charge in [-0.25, -0.2) is 0 Å². The van der Waals surface area contributed by atoms with Gasteiger partial charge < -0.3 is 15.1 Å². The van der Waals surface area contributed by atoms with E-state index in [1.807, 2.05) is 11.4 Å². The Balaban J connectivity index is 1.88. The highest BCUT2D eigenvalue weighted by Crippen LogP contribution is 2.31. The Morgan fingerprint density at radius 2 is 2.11 bits per heavy atom. The standard InChI is InChI=1S/C14H13NO3S/c16-11-3-1-2-10(13(11)17)14(18)15-6-4-12-9(8-15)5-7-19-12/h1-3,5,7,16-17H,4,6,8H2. The van der Waals surface area contributed by atoms with E-state index in [1.165, 1.54) is 22.6 Å². The van der Waals surface area contributed by atoms with Gasteiger partial charge in [-0.3, -0.25) is 4.79 Å². The first-order valence-corrected chi connectivity index (χ1v) is 6.90. The molecule has 0 fully saturated rings. The van der Waals surface area contributed by atoms with Crippen molar-refractivity contribution < 1.29 is 15.0 Å². The van der Waals surface area contributed by atoms with Gasteiger partial charge in [0.15, 0.2) is 11.5 Å². The Morgan fingerprint density at radius 3 is 2.95 bits per heavy atom. The summed E-state index contributed by atoms with van der Waals surface area (Å²) in [6.07, 6.45) is 0.846. The second-order valence-corrected chi connectivity index (χ2v) is 5.52. The lowest BCUT2D eigenvalue weighted by Crippen LogP contribution is -2.35. The summed E-state index contributed by atoms with van der Waals surface area (Å²) < 4.78 is 0. The second-order valence-electron chi connectivity index (χ2n) is 4.52. The van der Waals surface area contributed by atoms with Crippen molar-refractivity contribution in [2.45, 2.75) is 13.0 Å². The zero-order chi connectivity index (χ0) is 13.4. The van der Waals surface area contributed by atoms with E-state index >= 15 is 0 Å². The number of rotatable bonds is 1. The van der Waals surface area contributed by atoms with Gasteiger partial charge in [0, 0.05) is 18.0 Å². The smallest absolute Gasteiger partial charge is 0.258 e. The van der Waals surface area contributed by atoms with Crippen molar-refractivity contribution in [3.63, 3.8) is 0 Å². The molecule has 0 bridgehead atoms. The van der Waals surface area contributed by atoms with Crippen molar-refractivity contribution >= 4 is 17.2 Å². The minimum atomic E-state index is -0.344. The molecule has 0 unspecified atom stereocenters. The van der Waals surface area contributed by atoms with Crippen LogP contribution in [0.5, 0.6) is 11.5 Å². The number of amides is 1. The molecule has 1 aliphatic rings. The molecule has 0 radical (unpaired) electrons. The van der Waals surface area contributed by atoms with Crippen LogP contribution in [0.2, 0.25) is 0 Å². The number of fused-ring (bicyclic) bond motifs is 1. The van der Waals surface area contributed by atoms with E-state index in [0.717, 1.165) is 6.42 Å². The number of benzene rings is 1. The van der Waals surface area contributed by atoms with Crippen molar-refractivity contribution in [1.82, 2.24) is 4.90 Å². The first-order valence-electron chi connectivity index (χ1n) is 6.02. The van der Waals surface area contributed by atoms with Gasteiger partial charge >= 0.3 is 0 Å². The first-order chi connectivity index (χ1) is 9.16. The minimum absolute atomic E-state index is 0.152. The Labute approximate surface area is 114 Å². The van der Waals surface area contributed by atoms with Gasteiger partial charge in [-0.15, -0.1) is 11.3 Å². The highest BCUT2D eigenvalue weighted by Gasteiger charge is 2.24. The van der Waals surface area contributed by atoms with Crippen LogP contribution >= 0.6 is 11.3 Å². The van der Waals surface area contributed by atoms with Gasteiger partial charge in [0.2, 0.25) is 0 Å². The fourth-order valence-corrected chi connectivity index (χ4v) is 3.19. The molecule has 0 saturated carbocycles. The minimum Gasteiger partial charge on any atom is -0.504 e. The van der Waals surface area contributed by atoms with Crippen molar-refractivity contribution in [2.75, 3.05) is 6.54 Å². The van der Waals surface area contributed by atoms with Gasteiger partial charge in [-0.05, 0) is 35.6 Å². The monoisotopic (exact) mass is 275 g/mol. The number of aromatic hydroxyl groups is 2. The largest absolute Gasteiger partial charge is 0.504 e. The molecule has 4 nitrogen and oxygen atoms in total. The highest BCUT2D eigenvalue weighted by molar-refractivity contribution is 7.10. The van der Waals surface area contributed by atoms with E-state index in [9.17, 15) is 15.0 Å². The van der Waals surface area contributed by atoms with Gasteiger partial charge in [0.05, 0.1) is 5.56 Å². The van der Waals surface area contributed by atoms with E-state index in [2.05, 4.69) is 0 Å². The molecule has 1 aromatic carbocycles. The second kappa shape index (κ2) is 4.59. The first kappa shape index (κ1) is 12.0. The van der Waals surface area contributed by atoms with E-state index < -0.39 is 0 Å². The summed E-state index contributed by atoms with van der Waals surface area (Å²) in [4.78, 5) is 15.4. The van der Waals surface area contributed by atoms with Crippen LogP contribution in [0.15, 0.2) is 29.6 Å². The van der Waals surface area contributed by atoms with Crippen LogP contribution in [-0.4, -0.2) is 27.6 Å². The van der Waals surface area contributed by atoms with Crippen LogP contribution in [0.3, 0.4) is 0 Å². The third-order valence-corrected chi connectivity index (χ3v) is 4.36. The molecule has 2 heterocycles. The van der Waals surface area contributed by atoms with Crippen molar-refractivity contribution in [3.8, 4) is 11.5 Å². The van der Waals surface area contributed by atoms with Gasteiger partial charge in [0.25, 0.3) is 5.91 Å². The molecule has 1 amide bonds. The molecule has 98 valence electrons. The third kappa shape index (κ3) is 2.06. The molecular weight excluding hydrogens is 262 g/mol. The zero-order valence-corrected chi connectivity index (χ0v) is 11.0. The summed E-state index contributed by atoms with van der Waals surface area (Å²) in [6, 6.07) is 6.48. The maximum absolute atomic E-state index is 12.4. The molecule has 5 heteroatoms. The number of phenolic OH excluding ortho intramolecular Hbond substituents is 2. The summed E-state index contributed by atoms with van der Waals surface area (Å²) in [5.74, 6) is -0.854. The van der Waals surface area contributed by atoms with Crippen LogP contribution in [0.25, 0.3) is 0 Å². The molecule has 19 heavy (non-hydrogen) atoms. The molecule has 1 aliphatic heterocycles. The molecule has 2 N–H and O–H groups in total. The van der Waals surface area contributed by atoms with Crippen LogP contribution in [0.1, 0.15) is 20.8 Å². The van der Waals surface area contributed by atoms with E-state index in [1.54, 1.807) is 22.3 Å². The van der Waals surface area contributed by atoms with Crippen molar-refractivity contribution in [2.24, 2.45) is 0 Å². The lowest BCUT2D eigenvalue weighted by Gasteiger charge is -2.27. The molecule has 0 spiro atoms. The average molecular weight is 275 g/mol. The number of hydrogen-bond acceptors (Lipinski definition) is 4. The third-order valence-electron chi connectivity index (χ3n) is 3.34. The van der Waals surface area contributed by atoms with Gasteiger partial charge in [-0.2, -0.15) is 0 Å². The highest BCUT2D eigenvalue weighted by atomic mass is 32.1.